The zero-order valence-corrected chi connectivity index (χ0v) is 24.5. The van der Waals surface area contributed by atoms with Gasteiger partial charge in [-0.2, -0.15) is 0 Å². The zero-order chi connectivity index (χ0) is 29.7. The van der Waals surface area contributed by atoms with Crippen molar-refractivity contribution in [2.24, 2.45) is 0 Å². The van der Waals surface area contributed by atoms with Gasteiger partial charge in [0, 0.05) is 12.1 Å². The fourth-order valence-electron chi connectivity index (χ4n) is 4.07. The number of sulfonamides is 1. The van der Waals surface area contributed by atoms with Gasteiger partial charge in [-0.1, -0.05) is 36.4 Å². The van der Waals surface area contributed by atoms with E-state index < -0.39 is 45.8 Å². The Balaban J connectivity index is 2.09. The third-order valence-electron chi connectivity index (χ3n) is 6.14. The molecule has 0 saturated heterocycles. The van der Waals surface area contributed by atoms with Crippen LogP contribution in [0.3, 0.4) is 0 Å². The minimum atomic E-state index is -4.23. The Morgan fingerprint density at radius 3 is 2.20 bits per heavy atom. The maximum atomic E-state index is 14.0. The van der Waals surface area contributed by atoms with Crippen molar-refractivity contribution in [2.75, 3.05) is 18.0 Å². The lowest BCUT2D eigenvalue weighted by atomic mass is 10.1. The SMILES string of the molecule is COc1ccc(C)cc1N(CC(=O)N(Cc1ccc(F)cc1)[C@@H](C)C(=O)NC(C)(C)C)S(=O)(=O)c1ccccc1. The number of benzene rings is 3. The van der Waals surface area contributed by atoms with Crippen LogP contribution in [0.4, 0.5) is 10.1 Å². The minimum Gasteiger partial charge on any atom is -0.495 e. The first-order chi connectivity index (χ1) is 18.7. The number of ether oxygens (including phenoxy) is 1. The summed E-state index contributed by atoms with van der Waals surface area (Å²) in [7, 11) is -2.81. The van der Waals surface area contributed by atoms with E-state index in [0.29, 0.717) is 5.56 Å². The molecule has 0 aromatic heterocycles. The molecule has 3 rings (SSSR count). The predicted molar refractivity (Wildman–Crippen MR) is 153 cm³/mol. The van der Waals surface area contributed by atoms with Crippen molar-refractivity contribution in [3.05, 3.63) is 89.7 Å². The second-order valence-electron chi connectivity index (χ2n) is 10.6. The third-order valence-corrected chi connectivity index (χ3v) is 7.92. The lowest BCUT2D eigenvalue weighted by molar-refractivity contribution is -0.140. The van der Waals surface area contributed by atoms with E-state index in [1.807, 2.05) is 20.8 Å². The average molecular weight is 570 g/mol. The number of nitrogens with zero attached hydrogens (tertiary/aromatic N) is 2. The van der Waals surface area contributed by atoms with Crippen molar-refractivity contribution >= 4 is 27.5 Å². The van der Waals surface area contributed by atoms with E-state index in [0.717, 1.165) is 9.87 Å². The van der Waals surface area contributed by atoms with Crippen LogP contribution in [0, 0.1) is 12.7 Å². The maximum Gasteiger partial charge on any atom is 0.264 e. The quantitative estimate of drug-likeness (QED) is 0.383. The molecule has 0 heterocycles. The summed E-state index contributed by atoms with van der Waals surface area (Å²) < 4.78 is 47.9. The Labute approximate surface area is 235 Å². The van der Waals surface area contributed by atoms with Gasteiger partial charge in [-0.05, 0) is 82.1 Å². The molecule has 0 aliphatic heterocycles. The van der Waals surface area contributed by atoms with Crippen LogP contribution < -0.4 is 14.4 Å². The van der Waals surface area contributed by atoms with Gasteiger partial charge in [0.25, 0.3) is 10.0 Å². The first-order valence-electron chi connectivity index (χ1n) is 12.8. The molecule has 0 aliphatic carbocycles. The fourth-order valence-corrected chi connectivity index (χ4v) is 5.51. The number of hydrogen-bond donors (Lipinski definition) is 1. The van der Waals surface area contributed by atoms with E-state index in [2.05, 4.69) is 5.32 Å². The van der Waals surface area contributed by atoms with Crippen LogP contribution in [-0.4, -0.2) is 50.4 Å². The molecule has 8 nitrogen and oxygen atoms in total. The number of anilines is 1. The normalized spacial score (nSPS) is 12.4. The van der Waals surface area contributed by atoms with Crippen LogP contribution in [0.1, 0.15) is 38.8 Å². The second-order valence-corrected chi connectivity index (χ2v) is 12.4. The molecule has 0 spiro atoms. The minimum absolute atomic E-state index is 0.00466. The van der Waals surface area contributed by atoms with E-state index in [-0.39, 0.29) is 22.9 Å². The van der Waals surface area contributed by atoms with Gasteiger partial charge in [0.1, 0.15) is 24.2 Å². The Kier molecular flexibility index (Phi) is 9.57. The predicted octanol–water partition coefficient (Wildman–Crippen LogP) is 4.67. The molecule has 0 fully saturated rings. The molecule has 3 aromatic carbocycles. The molecule has 0 bridgehead atoms. The number of aryl methyl sites for hydroxylation is 1. The summed E-state index contributed by atoms with van der Waals surface area (Å²) in [6, 6.07) is 17.4. The Morgan fingerprint density at radius 2 is 1.62 bits per heavy atom. The summed E-state index contributed by atoms with van der Waals surface area (Å²) in [6.07, 6.45) is 0. The lowest BCUT2D eigenvalue weighted by Gasteiger charge is -2.33. The van der Waals surface area contributed by atoms with Gasteiger partial charge >= 0.3 is 0 Å². The van der Waals surface area contributed by atoms with Crippen molar-refractivity contribution in [3.63, 3.8) is 0 Å². The van der Waals surface area contributed by atoms with Crippen LogP contribution in [-0.2, 0) is 26.2 Å². The van der Waals surface area contributed by atoms with Gasteiger partial charge < -0.3 is 15.0 Å². The van der Waals surface area contributed by atoms with Gasteiger partial charge in [-0.15, -0.1) is 0 Å². The van der Waals surface area contributed by atoms with Crippen LogP contribution >= 0.6 is 0 Å². The topological polar surface area (TPSA) is 96.0 Å². The number of amides is 2. The summed E-state index contributed by atoms with van der Waals surface area (Å²) in [5, 5.41) is 2.87. The molecule has 40 heavy (non-hydrogen) atoms. The third kappa shape index (κ3) is 7.59. The highest BCUT2D eigenvalue weighted by molar-refractivity contribution is 7.92. The zero-order valence-electron chi connectivity index (χ0n) is 23.6. The van der Waals surface area contributed by atoms with E-state index in [9.17, 15) is 22.4 Å². The number of methoxy groups -OCH3 is 1. The number of halogens is 1. The average Bonchev–Trinajstić information content (AvgIpc) is 2.90. The van der Waals surface area contributed by atoms with Crippen LogP contribution in [0.5, 0.6) is 5.75 Å². The van der Waals surface area contributed by atoms with Crippen LogP contribution in [0.25, 0.3) is 0 Å². The first kappa shape index (κ1) is 30.6. The standard InChI is InChI=1S/C30H36FN3O5S/c1-21-12-17-27(39-6)26(18-21)34(40(37,38)25-10-8-7-9-11-25)20-28(35)33(19-23-13-15-24(31)16-14-23)22(2)29(36)32-30(3,4)5/h7-18,22H,19-20H2,1-6H3,(H,32,36)/t22-/m0/s1. The molecular weight excluding hydrogens is 533 g/mol. The molecule has 1 atom stereocenters. The first-order valence-corrected chi connectivity index (χ1v) is 14.3. The molecule has 0 unspecified atom stereocenters. The van der Waals surface area contributed by atoms with Gasteiger partial charge in [0.15, 0.2) is 0 Å². The fraction of sp³-hybridized carbons (Fsp3) is 0.333. The van der Waals surface area contributed by atoms with Crippen molar-refractivity contribution in [1.82, 2.24) is 10.2 Å². The molecule has 0 aliphatic rings. The molecule has 0 radical (unpaired) electrons. The Morgan fingerprint density at radius 1 is 1.00 bits per heavy atom. The van der Waals surface area contributed by atoms with Crippen LogP contribution in [0.15, 0.2) is 77.7 Å². The number of carbonyl (C=O) groups excluding carboxylic acids is 2. The molecule has 10 heteroatoms. The molecular formula is C30H36FN3O5S. The number of nitrogens with one attached hydrogen (secondary N) is 1. The summed E-state index contributed by atoms with van der Waals surface area (Å²) in [5.74, 6) is -1.20. The number of hydrogen-bond acceptors (Lipinski definition) is 5. The number of carbonyl (C=O) groups is 2. The summed E-state index contributed by atoms with van der Waals surface area (Å²) in [6.45, 7) is 8.20. The smallest absolute Gasteiger partial charge is 0.264 e. The van der Waals surface area contributed by atoms with Crippen molar-refractivity contribution in [1.29, 1.82) is 0 Å². The van der Waals surface area contributed by atoms with Crippen molar-refractivity contribution < 1.29 is 27.1 Å². The summed E-state index contributed by atoms with van der Waals surface area (Å²) >= 11 is 0. The second kappa shape index (κ2) is 12.5. The lowest BCUT2D eigenvalue weighted by Crippen LogP contribution is -2.54. The van der Waals surface area contributed by atoms with E-state index in [4.69, 9.17) is 4.74 Å². The molecule has 0 saturated carbocycles. The molecule has 2 amide bonds. The highest BCUT2D eigenvalue weighted by Gasteiger charge is 2.34. The van der Waals surface area contributed by atoms with Gasteiger partial charge in [-0.3, -0.25) is 13.9 Å². The maximum absolute atomic E-state index is 14.0. The van der Waals surface area contributed by atoms with E-state index >= 15 is 0 Å². The molecule has 3 aromatic rings. The van der Waals surface area contributed by atoms with Crippen molar-refractivity contribution in [3.8, 4) is 5.75 Å². The van der Waals surface area contributed by atoms with Gasteiger partial charge in [-0.25, -0.2) is 12.8 Å². The van der Waals surface area contributed by atoms with E-state index in [1.54, 1.807) is 50.2 Å². The summed E-state index contributed by atoms with van der Waals surface area (Å²) in [4.78, 5) is 28.4. The Bertz CT molecular complexity index is 1440. The molecule has 1 N–H and O–H groups in total. The van der Waals surface area contributed by atoms with Gasteiger partial charge in [0.2, 0.25) is 11.8 Å². The summed E-state index contributed by atoms with van der Waals surface area (Å²) in [5.41, 5.74) is 0.967. The van der Waals surface area contributed by atoms with Crippen LogP contribution in [0.2, 0.25) is 0 Å². The highest BCUT2D eigenvalue weighted by atomic mass is 32.2. The van der Waals surface area contributed by atoms with E-state index in [1.165, 1.54) is 48.4 Å². The highest BCUT2D eigenvalue weighted by Crippen LogP contribution is 2.33. The molecule has 214 valence electrons. The largest absolute Gasteiger partial charge is 0.495 e. The number of rotatable bonds is 10. The van der Waals surface area contributed by atoms with Gasteiger partial charge in [0.05, 0.1) is 17.7 Å². The Hall–Kier alpha value is -3.92. The monoisotopic (exact) mass is 569 g/mol. The van der Waals surface area contributed by atoms with Crippen molar-refractivity contribution in [2.45, 2.75) is 57.6 Å².